The average Bonchev–Trinajstić information content (AvgIpc) is 3.21. The van der Waals surface area contributed by atoms with Crippen LogP contribution in [0, 0.1) is 0 Å². The Kier molecular flexibility index (Phi) is 6.55. The number of aromatic nitrogens is 1. The summed E-state index contributed by atoms with van der Waals surface area (Å²) in [7, 11) is 0. The van der Waals surface area contributed by atoms with Gasteiger partial charge in [0.15, 0.2) is 0 Å². The van der Waals surface area contributed by atoms with Crippen molar-refractivity contribution in [2.24, 2.45) is 0 Å². The Morgan fingerprint density at radius 3 is 2.34 bits per heavy atom. The van der Waals surface area contributed by atoms with Crippen LogP contribution in [0.4, 0.5) is 16.2 Å². The minimum atomic E-state index is -1.01. The van der Waals surface area contributed by atoms with Crippen molar-refractivity contribution in [1.82, 2.24) is 20.1 Å². The number of carbonyl (C=O) groups excluding carboxylic acids is 3. The molecule has 0 saturated carbocycles. The van der Waals surface area contributed by atoms with Crippen molar-refractivity contribution >= 4 is 29.2 Å². The van der Waals surface area contributed by atoms with Crippen LogP contribution < -0.4 is 15.1 Å². The summed E-state index contributed by atoms with van der Waals surface area (Å²) in [5.41, 5.74) is 1.97. The number of piperazine rings is 1. The third-order valence-electron chi connectivity index (χ3n) is 8.02. The molecule has 3 aliphatic heterocycles. The number of nitrogens with one attached hydrogen (secondary N) is 1. The highest BCUT2D eigenvalue weighted by Crippen LogP contribution is 2.44. The molecule has 0 radical (unpaired) electrons. The van der Waals surface area contributed by atoms with Crippen LogP contribution in [0.5, 0.6) is 0 Å². The quantitative estimate of drug-likeness (QED) is 0.612. The first-order chi connectivity index (χ1) is 17.9. The molecule has 1 aromatic heterocycles. The van der Waals surface area contributed by atoms with Gasteiger partial charge in [0, 0.05) is 61.8 Å². The number of urea groups is 1. The van der Waals surface area contributed by atoms with Gasteiger partial charge in [0.2, 0.25) is 5.91 Å². The van der Waals surface area contributed by atoms with Gasteiger partial charge in [-0.3, -0.25) is 19.5 Å². The predicted molar refractivity (Wildman–Crippen MR) is 147 cm³/mol. The maximum Gasteiger partial charge on any atom is 0.332 e. The molecular weight excluding hydrogens is 480 g/mol. The SMILES string of the molecule is CC1CN(CC(=O)N2CC(C)(C)c3ccc(N4C(=O)N(Cc5ccncc5)C(C)(C)C4=O)cc32)CC(C)N1. The highest BCUT2D eigenvalue weighted by atomic mass is 16.2. The highest BCUT2D eigenvalue weighted by molar-refractivity contribution is 6.23. The largest absolute Gasteiger partial charge is 0.332 e. The van der Waals surface area contributed by atoms with Crippen LogP contribution in [0.25, 0.3) is 0 Å². The topological polar surface area (TPSA) is 89.1 Å². The Morgan fingerprint density at radius 1 is 1.03 bits per heavy atom. The van der Waals surface area contributed by atoms with E-state index >= 15 is 0 Å². The molecule has 2 aromatic rings. The number of fused-ring (bicyclic) bond motifs is 1. The van der Waals surface area contributed by atoms with Gasteiger partial charge in [-0.25, -0.2) is 9.69 Å². The summed E-state index contributed by atoms with van der Waals surface area (Å²) < 4.78 is 0. The van der Waals surface area contributed by atoms with Gasteiger partial charge in [-0.15, -0.1) is 0 Å². The van der Waals surface area contributed by atoms with E-state index in [9.17, 15) is 14.4 Å². The summed E-state index contributed by atoms with van der Waals surface area (Å²) in [5.74, 6) is -0.246. The zero-order chi connectivity index (χ0) is 27.4. The van der Waals surface area contributed by atoms with Gasteiger partial charge < -0.3 is 15.1 Å². The first kappa shape index (κ1) is 26.3. The van der Waals surface area contributed by atoms with Crippen LogP contribution in [-0.2, 0) is 21.5 Å². The number of anilines is 2. The molecule has 4 heterocycles. The summed E-state index contributed by atoms with van der Waals surface area (Å²) in [6, 6.07) is 9.61. The van der Waals surface area contributed by atoms with Crippen LogP contribution in [0.15, 0.2) is 42.7 Å². The van der Waals surface area contributed by atoms with E-state index in [2.05, 4.69) is 42.9 Å². The lowest BCUT2D eigenvalue weighted by atomic mass is 9.87. The highest BCUT2D eigenvalue weighted by Gasteiger charge is 2.52. The average molecular weight is 519 g/mol. The number of pyridine rings is 1. The van der Waals surface area contributed by atoms with Crippen molar-refractivity contribution in [3.05, 3.63) is 53.9 Å². The first-order valence-corrected chi connectivity index (χ1v) is 13.4. The Labute approximate surface area is 224 Å². The normalized spacial score (nSPS) is 24.7. The fourth-order valence-corrected chi connectivity index (χ4v) is 6.09. The van der Waals surface area contributed by atoms with E-state index in [4.69, 9.17) is 0 Å². The summed E-state index contributed by atoms with van der Waals surface area (Å²) in [6.45, 7) is 14.9. The molecule has 1 N–H and O–H groups in total. The lowest BCUT2D eigenvalue weighted by molar-refractivity contribution is -0.123. The molecule has 2 atom stereocenters. The zero-order valence-corrected chi connectivity index (χ0v) is 23.2. The Hall–Kier alpha value is -3.30. The summed E-state index contributed by atoms with van der Waals surface area (Å²) in [6.07, 6.45) is 3.36. The van der Waals surface area contributed by atoms with Gasteiger partial charge in [0.25, 0.3) is 5.91 Å². The number of carbonyl (C=O) groups is 3. The molecule has 0 spiro atoms. The van der Waals surface area contributed by atoms with Crippen LogP contribution in [0.3, 0.4) is 0 Å². The molecule has 0 bridgehead atoms. The van der Waals surface area contributed by atoms with E-state index in [0.29, 0.717) is 37.4 Å². The predicted octanol–water partition coefficient (Wildman–Crippen LogP) is 3.14. The van der Waals surface area contributed by atoms with Gasteiger partial charge in [-0.2, -0.15) is 0 Å². The Morgan fingerprint density at radius 2 is 1.68 bits per heavy atom. The molecular formula is C29H38N6O3. The van der Waals surface area contributed by atoms with Gasteiger partial charge in [0.1, 0.15) is 5.54 Å². The van der Waals surface area contributed by atoms with Crippen molar-refractivity contribution in [3.8, 4) is 0 Å². The fourth-order valence-electron chi connectivity index (χ4n) is 6.09. The molecule has 0 aliphatic carbocycles. The summed E-state index contributed by atoms with van der Waals surface area (Å²) in [4.78, 5) is 51.7. The van der Waals surface area contributed by atoms with E-state index < -0.39 is 5.54 Å². The van der Waals surface area contributed by atoms with E-state index in [1.54, 1.807) is 31.1 Å². The molecule has 202 valence electrons. The van der Waals surface area contributed by atoms with Crippen molar-refractivity contribution in [3.63, 3.8) is 0 Å². The lowest BCUT2D eigenvalue weighted by Crippen LogP contribution is -2.56. The third kappa shape index (κ3) is 4.58. The van der Waals surface area contributed by atoms with Gasteiger partial charge >= 0.3 is 6.03 Å². The van der Waals surface area contributed by atoms with Crippen molar-refractivity contribution < 1.29 is 14.4 Å². The number of hydrogen-bond donors (Lipinski definition) is 1. The minimum absolute atomic E-state index is 0.0361. The lowest BCUT2D eigenvalue weighted by Gasteiger charge is -2.36. The minimum Gasteiger partial charge on any atom is -0.310 e. The molecule has 38 heavy (non-hydrogen) atoms. The number of hydrogen-bond acceptors (Lipinski definition) is 6. The zero-order valence-electron chi connectivity index (χ0n) is 23.2. The maximum atomic E-state index is 13.6. The van der Waals surface area contributed by atoms with Crippen LogP contribution in [-0.4, -0.2) is 76.4 Å². The van der Waals surface area contributed by atoms with E-state index in [0.717, 1.165) is 29.9 Å². The molecule has 5 rings (SSSR count). The Bertz CT molecular complexity index is 1250. The smallest absolute Gasteiger partial charge is 0.310 e. The molecule has 9 heteroatoms. The number of nitrogens with zero attached hydrogens (tertiary/aromatic N) is 5. The summed E-state index contributed by atoms with van der Waals surface area (Å²) >= 11 is 0. The van der Waals surface area contributed by atoms with Crippen LogP contribution in [0.2, 0.25) is 0 Å². The maximum absolute atomic E-state index is 13.6. The van der Waals surface area contributed by atoms with Crippen LogP contribution in [0.1, 0.15) is 52.7 Å². The fraction of sp³-hybridized carbons (Fsp3) is 0.517. The van der Waals surface area contributed by atoms with Crippen molar-refractivity contribution in [1.29, 1.82) is 0 Å². The van der Waals surface area contributed by atoms with Gasteiger partial charge in [-0.05, 0) is 63.1 Å². The standard InChI is InChI=1S/C29H38N6O3/c1-19-14-32(15-20(2)31-19)17-25(36)33-18-28(3,4)23-8-7-22(13-24(23)33)35-26(37)29(5,6)34(27(35)38)16-21-9-11-30-12-10-21/h7-13,19-20,31H,14-18H2,1-6H3. The second-order valence-electron chi connectivity index (χ2n) is 12.2. The monoisotopic (exact) mass is 518 g/mol. The van der Waals surface area contributed by atoms with Crippen molar-refractivity contribution in [2.45, 2.75) is 71.1 Å². The summed E-state index contributed by atoms with van der Waals surface area (Å²) in [5, 5.41) is 3.51. The molecule has 2 unspecified atom stereocenters. The van der Waals surface area contributed by atoms with E-state index in [-0.39, 0.29) is 23.3 Å². The molecule has 3 aliphatic rings. The number of rotatable bonds is 5. The second kappa shape index (κ2) is 9.47. The molecule has 9 nitrogen and oxygen atoms in total. The van der Waals surface area contributed by atoms with Crippen molar-refractivity contribution in [2.75, 3.05) is 36.0 Å². The number of imide groups is 1. The molecule has 2 fully saturated rings. The first-order valence-electron chi connectivity index (χ1n) is 13.4. The van der Waals surface area contributed by atoms with E-state index in [1.807, 2.05) is 35.2 Å². The molecule has 4 amide bonds. The van der Waals surface area contributed by atoms with Crippen LogP contribution >= 0.6 is 0 Å². The Balaban J connectivity index is 1.43. The molecule has 1 aromatic carbocycles. The third-order valence-corrected chi connectivity index (χ3v) is 8.02. The molecule has 2 saturated heterocycles. The van der Waals surface area contributed by atoms with Gasteiger partial charge in [-0.1, -0.05) is 19.9 Å². The number of benzene rings is 1. The second-order valence-corrected chi connectivity index (χ2v) is 12.2. The van der Waals surface area contributed by atoms with Gasteiger partial charge in [0.05, 0.1) is 12.2 Å². The number of amides is 4. The van der Waals surface area contributed by atoms with E-state index in [1.165, 1.54) is 4.90 Å².